The number of aliphatic imine (C=N–C) groups is 1. The summed E-state index contributed by atoms with van der Waals surface area (Å²) in [7, 11) is 1.26. The number of benzene rings is 1. The molecule has 3 rings (SSSR count). The van der Waals surface area contributed by atoms with Gasteiger partial charge in [-0.15, -0.1) is 11.8 Å². The van der Waals surface area contributed by atoms with Gasteiger partial charge in [-0.05, 0) is 17.7 Å². The lowest BCUT2D eigenvalue weighted by Crippen LogP contribution is -2.80. The molecule has 2 aliphatic rings. The van der Waals surface area contributed by atoms with Crippen molar-refractivity contribution in [1.29, 1.82) is 0 Å². The Hall–Kier alpha value is -3.58. The highest BCUT2D eigenvalue weighted by Gasteiger charge is 2.66. The minimum atomic E-state index is -1.71. The van der Waals surface area contributed by atoms with Crippen molar-refractivity contribution in [3.63, 3.8) is 0 Å². The van der Waals surface area contributed by atoms with Crippen molar-refractivity contribution < 1.29 is 33.8 Å². The minimum Gasteiger partial charge on any atom is -0.477 e. The van der Waals surface area contributed by atoms with Crippen LogP contribution in [0.3, 0.4) is 0 Å². The second-order valence-corrected chi connectivity index (χ2v) is 8.31. The molecule has 1 unspecified atom stereocenters. The Bertz CT molecular complexity index is 1050. The van der Waals surface area contributed by atoms with Crippen molar-refractivity contribution in [2.24, 2.45) is 16.5 Å². The first-order valence-corrected chi connectivity index (χ1v) is 10.7. The molecule has 13 heteroatoms. The fourth-order valence-corrected chi connectivity index (χ4v) is 4.94. The van der Waals surface area contributed by atoms with E-state index in [-0.39, 0.29) is 36.0 Å². The summed E-state index contributed by atoms with van der Waals surface area (Å²) < 4.78 is 10.3. The van der Waals surface area contributed by atoms with E-state index in [0.717, 1.165) is 4.90 Å². The molecule has 33 heavy (non-hydrogen) atoms. The number of nitrogens with two attached hydrogens (primary N) is 2. The number of carbonyl (C=O) groups excluding carboxylic acids is 3. The van der Waals surface area contributed by atoms with E-state index in [2.05, 4.69) is 10.3 Å². The van der Waals surface area contributed by atoms with E-state index in [4.69, 9.17) is 20.9 Å². The molecule has 0 spiro atoms. The number of aliphatic carboxylic acids is 1. The summed E-state index contributed by atoms with van der Waals surface area (Å²) in [5.41, 5.74) is 10.1. The molecule has 176 valence electrons. The predicted octanol–water partition coefficient (Wildman–Crippen LogP) is -0.590. The molecule has 1 aromatic carbocycles. The Morgan fingerprint density at radius 2 is 1.97 bits per heavy atom. The van der Waals surface area contributed by atoms with Crippen molar-refractivity contribution in [2.45, 2.75) is 24.4 Å². The predicted molar refractivity (Wildman–Crippen MR) is 118 cm³/mol. The lowest BCUT2D eigenvalue weighted by molar-refractivity contribution is -0.192. The van der Waals surface area contributed by atoms with Gasteiger partial charge in [-0.25, -0.2) is 9.79 Å². The fourth-order valence-electron chi connectivity index (χ4n) is 3.52. The van der Waals surface area contributed by atoms with Crippen LogP contribution in [0.1, 0.15) is 12.5 Å². The summed E-state index contributed by atoms with van der Waals surface area (Å²) in [6.07, 6.45) is -0.0583. The van der Waals surface area contributed by atoms with Crippen LogP contribution in [0, 0.1) is 0 Å². The van der Waals surface area contributed by atoms with E-state index in [1.165, 1.54) is 25.8 Å². The van der Waals surface area contributed by atoms with Gasteiger partial charge in [0.1, 0.15) is 17.7 Å². The molecule has 0 saturated carbocycles. The Kier molecular flexibility index (Phi) is 6.93. The Morgan fingerprint density at radius 1 is 1.30 bits per heavy atom. The number of ether oxygens (including phenoxy) is 2. The average Bonchev–Trinajstić information content (AvgIpc) is 2.75. The standard InChI is InChI=1S/C20H23N5O7S/c1-10(26)32-8-12-9-33-18-20(31-2,17(30)25(18)15(12)16(28)29)24-14(27)7-11-3-5-13(6-4-11)23-19(21)22/h3-6,18H,7-9H2,1-2H3,(H,24,27)(H,28,29)(H4,21,22,23)/t18-,20?/m1/s1. The van der Waals surface area contributed by atoms with Gasteiger partial charge in [-0.1, -0.05) is 12.1 Å². The van der Waals surface area contributed by atoms with Crippen LogP contribution in [0.15, 0.2) is 40.5 Å². The van der Waals surface area contributed by atoms with Gasteiger partial charge in [-0.2, -0.15) is 0 Å². The lowest BCUT2D eigenvalue weighted by atomic mass is 9.97. The molecule has 1 fully saturated rings. The highest BCUT2D eigenvalue weighted by atomic mass is 32.2. The molecule has 0 radical (unpaired) electrons. The quantitative estimate of drug-likeness (QED) is 0.124. The third-order valence-electron chi connectivity index (χ3n) is 4.97. The number of fused-ring (bicyclic) bond motifs is 1. The second-order valence-electron chi connectivity index (χ2n) is 7.24. The lowest BCUT2D eigenvalue weighted by Gasteiger charge is -2.55. The molecule has 2 heterocycles. The maximum atomic E-state index is 13.0. The van der Waals surface area contributed by atoms with Crippen molar-refractivity contribution in [1.82, 2.24) is 10.2 Å². The number of carboxylic acid groups (broad SMARTS) is 1. The molecular formula is C20H23N5O7S. The molecule has 6 N–H and O–H groups in total. The number of thioether (sulfide) groups is 1. The summed E-state index contributed by atoms with van der Waals surface area (Å²) in [4.78, 5) is 53.6. The third-order valence-corrected chi connectivity index (χ3v) is 6.34. The van der Waals surface area contributed by atoms with E-state index < -0.39 is 34.9 Å². The van der Waals surface area contributed by atoms with E-state index in [1.807, 2.05) is 0 Å². The highest BCUT2D eigenvalue weighted by molar-refractivity contribution is 8.00. The van der Waals surface area contributed by atoms with Crippen LogP contribution < -0.4 is 16.8 Å². The number of nitrogens with zero attached hydrogens (tertiary/aromatic N) is 2. The zero-order valence-electron chi connectivity index (χ0n) is 17.9. The van der Waals surface area contributed by atoms with Gasteiger partial charge in [0.05, 0.1) is 12.1 Å². The maximum Gasteiger partial charge on any atom is 0.352 e. The first-order chi connectivity index (χ1) is 15.6. The number of β-lactam (4-membered cyclic amide) rings is 1. The monoisotopic (exact) mass is 477 g/mol. The Balaban J connectivity index is 1.75. The zero-order valence-corrected chi connectivity index (χ0v) is 18.7. The van der Waals surface area contributed by atoms with Crippen molar-refractivity contribution in [3.05, 3.63) is 41.1 Å². The first kappa shape index (κ1) is 24.1. The molecule has 1 saturated heterocycles. The van der Waals surface area contributed by atoms with E-state index in [1.54, 1.807) is 24.3 Å². The number of nitrogens with one attached hydrogen (secondary N) is 1. The van der Waals surface area contributed by atoms with Gasteiger partial charge in [0.2, 0.25) is 5.91 Å². The molecular weight excluding hydrogens is 454 g/mol. The summed E-state index contributed by atoms with van der Waals surface area (Å²) >= 11 is 1.20. The Morgan fingerprint density at radius 3 is 2.52 bits per heavy atom. The highest BCUT2D eigenvalue weighted by Crippen LogP contribution is 2.46. The van der Waals surface area contributed by atoms with Crippen molar-refractivity contribution in [3.8, 4) is 0 Å². The van der Waals surface area contributed by atoms with E-state index in [9.17, 15) is 24.3 Å². The van der Waals surface area contributed by atoms with Crippen LogP contribution in [-0.2, 0) is 35.1 Å². The van der Waals surface area contributed by atoms with Gasteiger partial charge in [0.25, 0.3) is 11.6 Å². The fraction of sp³-hybridized carbons (Fsp3) is 0.350. The van der Waals surface area contributed by atoms with Crippen molar-refractivity contribution in [2.75, 3.05) is 19.5 Å². The van der Waals surface area contributed by atoms with Crippen LogP contribution in [0.4, 0.5) is 5.69 Å². The molecule has 0 bridgehead atoms. The number of carbonyl (C=O) groups is 4. The van der Waals surface area contributed by atoms with Crippen LogP contribution in [0.5, 0.6) is 0 Å². The first-order valence-electron chi connectivity index (χ1n) is 9.67. The summed E-state index contributed by atoms with van der Waals surface area (Å²) in [6.45, 7) is 0.955. The summed E-state index contributed by atoms with van der Waals surface area (Å²) in [5.74, 6) is -3.04. The van der Waals surface area contributed by atoms with Gasteiger partial charge >= 0.3 is 11.9 Å². The van der Waals surface area contributed by atoms with Crippen LogP contribution >= 0.6 is 11.8 Å². The molecule has 0 aliphatic carbocycles. The van der Waals surface area contributed by atoms with Crippen LogP contribution in [0.25, 0.3) is 0 Å². The minimum absolute atomic E-state index is 0.0583. The normalized spacial score (nSPS) is 21.6. The largest absolute Gasteiger partial charge is 0.477 e. The summed E-state index contributed by atoms with van der Waals surface area (Å²) in [5, 5.41) is 11.5. The average molecular weight is 477 g/mol. The number of carboxylic acids is 1. The zero-order chi connectivity index (χ0) is 24.3. The van der Waals surface area contributed by atoms with Gasteiger partial charge in [-0.3, -0.25) is 19.3 Å². The van der Waals surface area contributed by atoms with E-state index in [0.29, 0.717) is 11.3 Å². The number of hydrogen-bond donors (Lipinski definition) is 4. The van der Waals surface area contributed by atoms with E-state index >= 15 is 0 Å². The van der Waals surface area contributed by atoms with Crippen LogP contribution in [-0.4, -0.2) is 70.3 Å². The topological polar surface area (TPSA) is 187 Å². The number of rotatable bonds is 8. The molecule has 12 nitrogen and oxygen atoms in total. The Labute approximate surface area is 193 Å². The van der Waals surface area contributed by atoms with Gasteiger partial charge in [0.15, 0.2) is 5.96 Å². The van der Waals surface area contributed by atoms with Gasteiger partial charge in [0, 0.05) is 25.4 Å². The van der Waals surface area contributed by atoms with Crippen LogP contribution in [0.2, 0.25) is 0 Å². The summed E-state index contributed by atoms with van der Waals surface area (Å²) in [6, 6.07) is 6.60. The number of esters is 1. The van der Waals surface area contributed by atoms with Crippen molar-refractivity contribution >= 4 is 47.2 Å². The number of hydrogen-bond acceptors (Lipinski definition) is 8. The smallest absolute Gasteiger partial charge is 0.352 e. The SMILES string of the molecule is COC1(NC(=O)Cc2ccc(N=C(N)N)cc2)C(=O)N2C(C(=O)O)=C(COC(C)=O)CS[C@@H]21. The molecule has 1 aromatic rings. The second kappa shape index (κ2) is 9.50. The number of amides is 2. The number of methoxy groups -OCH3 is 1. The molecule has 0 aromatic heterocycles. The molecule has 2 aliphatic heterocycles. The van der Waals surface area contributed by atoms with Gasteiger partial charge < -0.3 is 31.4 Å². The molecule has 2 amide bonds. The number of guanidine groups is 1. The third kappa shape index (κ3) is 4.78. The molecule has 2 atom stereocenters. The maximum absolute atomic E-state index is 13.0.